The molecule has 32 heavy (non-hydrogen) atoms. The third kappa shape index (κ3) is 4.19. The van der Waals surface area contributed by atoms with Crippen molar-refractivity contribution in [3.8, 4) is 22.9 Å². The number of hydrogen-bond acceptors (Lipinski definition) is 3. The Balaban J connectivity index is 1.72. The van der Waals surface area contributed by atoms with E-state index >= 15 is 0 Å². The molecule has 4 nitrogen and oxygen atoms in total. The van der Waals surface area contributed by atoms with Crippen molar-refractivity contribution in [2.75, 3.05) is 26.1 Å². The van der Waals surface area contributed by atoms with Gasteiger partial charge in [0, 0.05) is 42.9 Å². The molecule has 4 aromatic rings. The van der Waals surface area contributed by atoms with E-state index in [1.807, 2.05) is 62.4 Å². The van der Waals surface area contributed by atoms with Gasteiger partial charge in [-0.1, -0.05) is 36.4 Å². The molecule has 0 saturated carbocycles. The van der Waals surface area contributed by atoms with Gasteiger partial charge in [0.1, 0.15) is 12.8 Å². The second kappa shape index (κ2) is 8.95. The topological polar surface area (TPSA) is 40.1 Å². The molecule has 3 aromatic carbocycles. The third-order valence-corrected chi connectivity index (χ3v) is 5.63. The zero-order valence-corrected chi connectivity index (χ0v) is 18.8. The van der Waals surface area contributed by atoms with E-state index in [2.05, 4.69) is 59.5 Å². The van der Waals surface area contributed by atoms with E-state index < -0.39 is 0 Å². The maximum absolute atomic E-state index is 9.86. The molecule has 1 aromatic heterocycles. The minimum Gasteiger partial charge on any atom is -0.495 e. The van der Waals surface area contributed by atoms with Crippen LogP contribution >= 0.6 is 0 Å². The molecule has 0 N–H and O–H groups in total. The first-order valence-corrected chi connectivity index (χ1v) is 10.5. The number of aryl methyl sites for hydroxylation is 1. The van der Waals surface area contributed by atoms with Crippen LogP contribution < -0.4 is 14.2 Å². The Morgan fingerprint density at radius 3 is 2.25 bits per heavy atom. The number of rotatable bonds is 5. The van der Waals surface area contributed by atoms with Crippen LogP contribution in [-0.2, 0) is 7.05 Å². The summed E-state index contributed by atoms with van der Waals surface area (Å²) in [5.41, 5.74) is 5.75. The molecule has 0 fully saturated rings. The van der Waals surface area contributed by atoms with Gasteiger partial charge < -0.3 is 9.64 Å². The second-order valence-corrected chi connectivity index (χ2v) is 7.99. The number of methoxy groups -OCH3 is 1. The predicted molar refractivity (Wildman–Crippen MR) is 131 cm³/mol. The Bertz CT molecular complexity index is 1330. The van der Waals surface area contributed by atoms with E-state index in [1.165, 1.54) is 0 Å². The van der Waals surface area contributed by atoms with Crippen molar-refractivity contribution in [1.29, 1.82) is 5.26 Å². The molecular weight excluding hydrogens is 394 g/mol. The highest BCUT2D eigenvalue weighted by Crippen LogP contribution is 2.34. The summed E-state index contributed by atoms with van der Waals surface area (Å²) in [7, 11) is 7.72. The van der Waals surface area contributed by atoms with Gasteiger partial charge in [-0.25, -0.2) is 4.57 Å². The van der Waals surface area contributed by atoms with Crippen LogP contribution in [-0.4, -0.2) is 21.2 Å². The fourth-order valence-electron chi connectivity index (χ4n) is 3.80. The van der Waals surface area contributed by atoms with Gasteiger partial charge in [-0.05, 0) is 46.4 Å². The first kappa shape index (κ1) is 21.1. The quantitative estimate of drug-likeness (QED) is 0.244. The van der Waals surface area contributed by atoms with Crippen LogP contribution in [0.1, 0.15) is 11.1 Å². The standard InChI is InChI=1S/C28H26N3O/c1-30(2)26-11-12-27-23(18-26)9-10-24(28(27)32-4)17-25(19-29)21-7-5-20(6-8-21)22-13-15-31(3)16-14-22/h5-18H,1-4H3/q+1. The number of hydrogen-bond donors (Lipinski definition) is 0. The maximum atomic E-state index is 9.86. The lowest BCUT2D eigenvalue weighted by Gasteiger charge is -2.15. The van der Waals surface area contributed by atoms with Gasteiger partial charge in [0.2, 0.25) is 0 Å². The number of pyridine rings is 1. The number of aromatic nitrogens is 1. The molecule has 0 aliphatic carbocycles. The van der Waals surface area contributed by atoms with Crippen molar-refractivity contribution >= 4 is 28.1 Å². The van der Waals surface area contributed by atoms with Crippen LogP contribution in [0.4, 0.5) is 5.69 Å². The fourth-order valence-corrected chi connectivity index (χ4v) is 3.80. The number of allylic oxidation sites excluding steroid dienone is 1. The molecule has 0 spiro atoms. The smallest absolute Gasteiger partial charge is 0.169 e. The molecule has 0 radical (unpaired) electrons. The molecular formula is C28H26N3O+. The van der Waals surface area contributed by atoms with Gasteiger partial charge >= 0.3 is 0 Å². The molecule has 0 bridgehead atoms. The molecule has 158 valence electrons. The molecule has 4 heteroatoms. The summed E-state index contributed by atoms with van der Waals surface area (Å²) < 4.78 is 7.76. The average molecular weight is 421 g/mol. The normalized spacial score (nSPS) is 11.3. The molecule has 4 rings (SSSR count). The first-order chi connectivity index (χ1) is 15.5. The highest BCUT2D eigenvalue weighted by Gasteiger charge is 2.10. The monoisotopic (exact) mass is 420 g/mol. The second-order valence-electron chi connectivity index (χ2n) is 7.99. The molecule has 0 aliphatic rings. The van der Waals surface area contributed by atoms with Crippen molar-refractivity contribution in [3.63, 3.8) is 0 Å². The molecule has 0 atom stereocenters. The SMILES string of the molecule is COc1c(/C=C(\C#N)c2ccc(-c3cc[n+](C)cc3)cc2)ccc2cc(N(C)C)ccc12. The van der Waals surface area contributed by atoms with Gasteiger partial charge in [-0.2, -0.15) is 5.26 Å². The fraction of sp³-hybridized carbons (Fsp3) is 0.143. The zero-order valence-electron chi connectivity index (χ0n) is 18.8. The lowest BCUT2D eigenvalue weighted by atomic mass is 9.98. The van der Waals surface area contributed by atoms with E-state index in [9.17, 15) is 5.26 Å². The van der Waals surface area contributed by atoms with E-state index in [4.69, 9.17) is 4.74 Å². The van der Waals surface area contributed by atoms with Crippen molar-refractivity contribution in [3.05, 3.63) is 90.3 Å². The van der Waals surface area contributed by atoms with E-state index in [1.54, 1.807) is 7.11 Å². The zero-order chi connectivity index (χ0) is 22.7. The average Bonchev–Trinajstić information content (AvgIpc) is 2.82. The summed E-state index contributed by atoms with van der Waals surface area (Å²) in [5.74, 6) is 0.773. The lowest BCUT2D eigenvalue weighted by Crippen LogP contribution is -2.25. The lowest BCUT2D eigenvalue weighted by molar-refractivity contribution is -0.671. The third-order valence-electron chi connectivity index (χ3n) is 5.63. The molecule has 0 aliphatic heterocycles. The Morgan fingerprint density at radius 2 is 1.62 bits per heavy atom. The Labute approximate surface area is 189 Å². The minimum absolute atomic E-state index is 0.596. The van der Waals surface area contributed by atoms with Crippen LogP contribution in [0.3, 0.4) is 0 Å². The van der Waals surface area contributed by atoms with Gasteiger partial charge in [0.25, 0.3) is 0 Å². The van der Waals surface area contributed by atoms with Gasteiger partial charge in [-0.15, -0.1) is 0 Å². The Kier molecular flexibility index (Phi) is 5.91. The summed E-state index contributed by atoms with van der Waals surface area (Å²) >= 11 is 0. The number of nitriles is 1. The molecule has 0 saturated heterocycles. The van der Waals surface area contributed by atoms with Crippen LogP contribution in [0.15, 0.2) is 79.1 Å². The predicted octanol–water partition coefficient (Wildman–Crippen LogP) is 5.47. The number of fused-ring (bicyclic) bond motifs is 1. The van der Waals surface area contributed by atoms with Crippen LogP contribution in [0.2, 0.25) is 0 Å². The summed E-state index contributed by atoms with van der Waals surface area (Å²) in [6.07, 6.45) is 5.95. The van der Waals surface area contributed by atoms with E-state index in [-0.39, 0.29) is 0 Å². The highest BCUT2D eigenvalue weighted by atomic mass is 16.5. The van der Waals surface area contributed by atoms with Crippen molar-refractivity contribution in [2.45, 2.75) is 0 Å². The first-order valence-electron chi connectivity index (χ1n) is 10.5. The summed E-state index contributed by atoms with van der Waals surface area (Å²) in [6, 6.07) is 25.0. The van der Waals surface area contributed by atoms with Crippen molar-refractivity contribution < 1.29 is 9.30 Å². The van der Waals surface area contributed by atoms with E-state index in [0.717, 1.165) is 44.5 Å². The van der Waals surface area contributed by atoms with Gasteiger partial charge in [0.05, 0.1) is 18.8 Å². The van der Waals surface area contributed by atoms with Crippen LogP contribution in [0.25, 0.3) is 33.5 Å². The molecule has 1 heterocycles. The van der Waals surface area contributed by atoms with E-state index in [0.29, 0.717) is 5.57 Å². The van der Waals surface area contributed by atoms with Crippen LogP contribution in [0, 0.1) is 11.3 Å². The molecule has 0 unspecified atom stereocenters. The summed E-state index contributed by atoms with van der Waals surface area (Å²) in [6.45, 7) is 0. The van der Waals surface area contributed by atoms with Gasteiger partial charge in [0.15, 0.2) is 12.4 Å². The van der Waals surface area contributed by atoms with Crippen LogP contribution in [0.5, 0.6) is 5.75 Å². The summed E-state index contributed by atoms with van der Waals surface area (Å²) in [4.78, 5) is 2.08. The largest absolute Gasteiger partial charge is 0.495 e. The summed E-state index contributed by atoms with van der Waals surface area (Å²) in [5, 5.41) is 12.0. The highest BCUT2D eigenvalue weighted by molar-refractivity contribution is 5.98. The number of nitrogens with zero attached hydrogens (tertiary/aromatic N) is 3. The van der Waals surface area contributed by atoms with Gasteiger partial charge in [-0.3, -0.25) is 0 Å². The number of anilines is 1. The maximum Gasteiger partial charge on any atom is 0.169 e. The molecule has 0 amide bonds. The number of benzene rings is 3. The Morgan fingerprint density at radius 1 is 0.938 bits per heavy atom. The van der Waals surface area contributed by atoms with Crippen molar-refractivity contribution in [2.24, 2.45) is 7.05 Å². The number of ether oxygens (including phenoxy) is 1. The Hall–Kier alpha value is -4.10. The van der Waals surface area contributed by atoms with Crippen molar-refractivity contribution in [1.82, 2.24) is 0 Å². The minimum atomic E-state index is 0.596.